The van der Waals surface area contributed by atoms with Gasteiger partial charge in [0.2, 0.25) is 10.0 Å². The highest BCUT2D eigenvalue weighted by molar-refractivity contribution is 7.89. The smallest absolute Gasteiger partial charge is 0.242 e. The van der Waals surface area contributed by atoms with Crippen molar-refractivity contribution in [3.05, 3.63) is 22.4 Å². The fraction of sp³-hybridized carbons (Fsp3) is 0.500. The zero-order chi connectivity index (χ0) is 13.4. The second kappa shape index (κ2) is 4.94. The largest absolute Gasteiger partial charge is 0.389 e. The summed E-state index contributed by atoms with van der Waals surface area (Å²) in [6, 6.07) is 1.23. The molecule has 0 spiro atoms. The Morgan fingerprint density at radius 2 is 2.11 bits per heavy atom. The number of pyridine rings is 1. The van der Waals surface area contributed by atoms with Gasteiger partial charge in [0.15, 0.2) is 0 Å². The first kappa shape index (κ1) is 14.0. The molecule has 0 bridgehead atoms. The second-order valence-electron chi connectivity index (χ2n) is 4.35. The first-order valence-corrected chi connectivity index (χ1v) is 7.59. The van der Waals surface area contributed by atoms with Gasteiger partial charge in [0.1, 0.15) is 10.0 Å². The molecule has 1 saturated carbocycles. The van der Waals surface area contributed by atoms with Crippen molar-refractivity contribution in [1.29, 1.82) is 0 Å². The third-order valence-electron chi connectivity index (χ3n) is 2.96. The van der Waals surface area contributed by atoms with Crippen molar-refractivity contribution < 1.29 is 13.5 Å². The third kappa shape index (κ3) is 2.95. The molecule has 100 valence electrons. The van der Waals surface area contributed by atoms with Gasteiger partial charge in [0.05, 0.1) is 10.6 Å². The molecule has 1 aromatic heterocycles. The van der Waals surface area contributed by atoms with Crippen LogP contribution in [0.25, 0.3) is 0 Å². The van der Waals surface area contributed by atoms with Crippen molar-refractivity contribution in [2.45, 2.75) is 29.8 Å². The molecule has 0 aromatic carbocycles. The first-order valence-electron chi connectivity index (χ1n) is 5.36. The molecule has 1 aliphatic rings. The van der Waals surface area contributed by atoms with E-state index in [9.17, 15) is 13.5 Å². The summed E-state index contributed by atoms with van der Waals surface area (Å²) in [5.74, 6) is 0. The van der Waals surface area contributed by atoms with Gasteiger partial charge in [-0.1, -0.05) is 23.2 Å². The first-order chi connectivity index (χ1) is 8.32. The second-order valence-corrected chi connectivity index (χ2v) is 6.88. The van der Waals surface area contributed by atoms with Crippen LogP contribution < -0.4 is 4.72 Å². The minimum Gasteiger partial charge on any atom is -0.389 e. The van der Waals surface area contributed by atoms with Gasteiger partial charge >= 0.3 is 0 Å². The molecule has 18 heavy (non-hydrogen) atoms. The quantitative estimate of drug-likeness (QED) is 0.828. The summed E-state index contributed by atoms with van der Waals surface area (Å²) in [7, 11) is -3.72. The number of halogens is 2. The predicted molar refractivity (Wildman–Crippen MR) is 68.2 cm³/mol. The Balaban J connectivity index is 2.12. The standard InChI is InChI=1S/C10H12Cl2N2O3S/c11-8-4-7(5-13-9(8)12)18(16,17)14-6-10(15)2-1-3-10/h4-5,14-15H,1-3,6H2. The minimum absolute atomic E-state index is 0.00439. The van der Waals surface area contributed by atoms with E-state index in [1.165, 1.54) is 6.07 Å². The number of rotatable bonds is 4. The van der Waals surface area contributed by atoms with Crippen LogP contribution in [0.15, 0.2) is 17.2 Å². The molecule has 0 saturated heterocycles. The lowest BCUT2D eigenvalue weighted by Crippen LogP contribution is -2.47. The van der Waals surface area contributed by atoms with Crippen molar-refractivity contribution in [2.75, 3.05) is 6.54 Å². The van der Waals surface area contributed by atoms with Crippen LogP contribution in [0.3, 0.4) is 0 Å². The molecular weight excluding hydrogens is 299 g/mol. The number of hydrogen-bond acceptors (Lipinski definition) is 4. The molecule has 0 amide bonds. The van der Waals surface area contributed by atoms with E-state index in [1.54, 1.807) is 0 Å². The topological polar surface area (TPSA) is 79.3 Å². The molecule has 0 aliphatic heterocycles. The highest BCUT2D eigenvalue weighted by Crippen LogP contribution is 2.31. The van der Waals surface area contributed by atoms with Crippen LogP contribution >= 0.6 is 23.2 Å². The minimum atomic E-state index is -3.72. The van der Waals surface area contributed by atoms with Crippen molar-refractivity contribution in [1.82, 2.24) is 9.71 Å². The highest BCUT2D eigenvalue weighted by Gasteiger charge is 2.35. The molecule has 1 fully saturated rings. The van der Waals surface area contributed by atoms with Crippen LogP contribution in [0.2, 0.25) is 10.2 Å². The molecule has 5 nitrogen and oxygen atoms in total. The number of sulfonamides is 1. The molecule has 8 heteroatoms. The number of aliphatic hydroxyl groups is 1. The van der Waals surface area contributed by atoms with Crippen LogP contribution in [0.1, 0.15) is 19.3 Å². The number of nitrogens with one attached hydrogen (secondary N) is 1. The van der Waals surface area contributed by atoms with Gasteiger partial charge in [-0.3, -0.25) is 0 Å². The Labute approximate surface area is 115 Å². The monoisotopic (exact) mass is 310 g/mol. The van der Waals surface area contributed by atoms with E-state index in [4.69, 9.17) is 23.2 Å². The molecular formula is C10H12Cl2N2O3S. The number of aromatic nitrogens is 1. The van der Waals surface area contributed by atoms with Gasteiger partial charge in [0.25, 0.3) is 0 Å². The Bertz CT molecular complexity index is 558. The predicted octanol–water partition coefficient (Wildman–Crippen LogP) is 1.58. The van der Waals surface area contributed by atoms with Crippen molar-refractivity contribution in [3.63, 3.8) is 0 Å². The molecule has 0 atom stereocenters. The van der Waals surface area contributed by atoms with Crippen molar-refractivity contribution >= 4 is 33.2 Å². The van der Waals surface area contributed by atoms with Gasteiger partial charge in [-0.25, -0.2) is 18.1 Å². The van der Waals surface area contributed by atoms with Crippen LogP contribution in [0, 0.1) is 0 Å². The summed E-state index contributed by atoms with van der Waals surface area (Å²) in [6.45, 7) is -0.00439. The summed E-state index contributed by atoms with van der Waals surface area (Å²) in [5.41, 5.74) is -0.920. The molecule has 1 aromatic rings. The summed E-state index contributed by atoms with van der Waals surface area (Å²) in [5, 5.41) is 9.95. The Kier molecular flexibility index (Phi) is 3.85. The summed E-state index contributed by atoms with van der Waals surface area (Å²) in [4.78, 5) is 3.61. The maximum absolute atomic E-state index is 11.9. The maximum Gasteiger partial charge on any atom is 0.242 e. The van der Waals surface area contributed by atoms with E-state index in [1.807, 2.05) is 0 Å². The Morgan fingerprint density at radius 3 is 2.61 bits per heavy atom. The van der Waals surface area contributed by atoms with Crippen molar-refractivity contribution in [2.24, 2.45) is 0 Å². The van der Waals surface area contributed by atoms with E-state index in [0.717, 1.165) is 12.6 Å². The van der Waals surface area contributed by atoms with E-state index in [0.29, 0.717) is 12.8 Å². The molecule has 2 N–H and O–H groups in total. The van der Waals surface area contributed by atoms with Gasteiger partial charge < -0.3 is 5.11 Å². The fourth-order valence-electron chi connectivity index (χ4n) is 1.62. The van der Waals surface area contributed by atoms with Gasteiger partial charge in [-0.15, -0.1) is 0 Å². The van der Waals surface area contributed by atoms with Gasteiger partial charge in [0, 0.05) is 12.7 Å². The van der Waals surface area contributed by atoms with E-state index >= 15 is 0 Å². The van der Waals surface area contributed by atoms with E-state index in [2.05, 4.69) is 9.71 Å². The van der Waals surface area contributed by atoms with Crippen LogP contribution in [-0.2, 0) is 10.0 Å². The lowest BCUT2D eigenvalue weighted by Gasteiger charge is -2.36. The van der Waals surface area contributed by atoms with Crippen LogP contribution in [0.5, 0.6) is 0 Å². The molecule has 0 radical (unpaired) electrons. The molecule has 0 unspecified atom stereocenters. The normalized spacial score (nSPS) is 18.4. The van der Waals surface area contributed by atoms with Crippen LogP contribution in [-0.4, -0.2) is 30.7 Å². The summed E-state index contributed by atoms with van der Waals surface area (Å²) >= 11 is 11.3. The zero-order valence-electron chi connectivity index (χ0n) is 9.36. The zero-order valence-corrected chi connectivity index (χ0v) is 11.7. The summed E-state index contributed by atoms with van der Waals surface area (Å²) < 4.78 is 26.2. The fourth-order valence-corrected chi connectivity index (χ4v) is 3.05. The Morgan fingerprint density at radius 1 is 1.44 bits per heavy atom. The van der Waals surface area contributed by atoms with Gasteiger partial charge in [-0.2, -0.15) is 0 Å². The average molecular weight is 311 g/mol. The Hall–Kier alpha value is -0.400. The summed E-state index contributed by atoms with van der Waals surface area (Å²) in [6.07, 6.45) is 3.25. The number of nitrogens with zero attached hydrogens (tertiary/aromatic N) is 1. The maximum atomic E-state index is 11.9. The highest BCUT2D eigenvalue weighted by atomic mass is 35.5. The van der Waals surface area contributed by atoms with E-state index in [-0.39, 0.29) is 21.6 Å². The molecule has 1 aliphatic carbocycles. The van der Waals surface area contributed by atoms with E-state index < -0.39 is 15.6 Å². The molecule has 2 rings (SSSR count). The lowest BCUT2D eigenvalue weighted by atomic mass is 9.81. The van der Waals surface area contributed by atoms with Crippen LogP contribution in [0.4, 0.5) is 0 Å². The number of hydrogen-bond donors (Lipinski definition) is 2. The average Bonchev–Trinajstić information content (AvgIpc) is 2.27. The molecule has 1 heterocycles. The lowest BCUT2D eigenvalue weighted by molar-refractivity contribution is -0.0270. The van der Waals surface area contributed by atoms with Gasteiger partial charge in [-0.05, 0) is 25.3 Å². The SMILES string of the molecule is O=S(=O)(NCC1(O)CCC1)c1cnc(Cl)c(Cl)c1. The third-order valence-corrected chi connectivity index (χ3v) is 5.01. The van der Waals surface area contributed by atoms with Crippen molar-refractivity contribution in [3.8, 4) is 0 Å².